The van der Waals surface area contributed by atoms with Gasteiger partial charge in [0.25, 0.3) is 0 Å². The van der Waals surface area contributed by atoms with Crippen LogP contribution in [0.4, 0.5) is 0 Å². The second kappa shape index (κ2) is 4.56. The Bertz CT molecular complexity index is 511. The highest BCUT2D eigenvalue weighted by molar-refractivity contribution is 5.99. The Morgan fingerprint density at radius 2 is 2.17 bits per heavy atom. The minimum atomic E-state index is -0.438. The molecule has 1 aliphatic heterocycles. The molecule has 1 heterocycles. The maximum Gasteiger partial charge on any atom is 0.170 e. The summed E-state index contributed by atoms with van der Waals surface area (Å²) in [4.78, 5) is 11.7. The van der Waals surface area contributed by atoms with Crippen LogP contribution >= 0.6 is 0 Å². The molecule has 1 N–H and O–H groups in total. The molecule has 94 valence electrons. The zero-order valence-electron chi connectivity index (χ0n) is 10.1. The van der Waals surface area contributed by atoms with Gasteiger partial charge in [-0.25, -0.2) is 0 Å². The van der Waals surface area contributed by atoms with Crippen molar-refractivity contribution in [2.45, 2.75) is 12.5 Å². The number of Topliss-reactive ketones (excluding diaryl/α,β-unsaturated/α-hetero) is 1. The van der Waals surface area contributed by atoms with Crippen molar-refractivity contribution in [3.8, 4) is 11.5 Å². The maximum atomic E-state index is 11.7. The summed E-state index contributed by atoms with van der Waals surface area (Å²) in [5, 5.41) is 9.70. The summed E-state index contributed by atoms with van der Waals surface area (Å²) in [7, 11) is 1.47. The van der Waals surface area contributed by atoms with Crippen molar-refractivity contribution >= 4 is 5.78 Å². The van der Waals surface area contributed by atoms with Gasteiger partial charge < -0.3 is 14.6 Å². The van der Waals surface area contributed by atoms with Gasteiger partial charge in [0, 0.05) is 0 Å². The molecular weight excluding hydrogens is 232 g/mol. The van der Waals surface area contributed by atoms with Crippen molar-refractivity contribution in [3.05, 3.63) is 48.3 Å². The van der Waals surface area contributed by atoms with Crippen LogP contribution in [0.5, 0.6) is 11.5 Å². The molecule has 1 aromatic carbocycles. The average molecular weight is 246 g/mol. The number of benzene rings is 1. The van der Waals surface area contributed by atoms with E-state index in [2.05, 4.69) is 13.2 Å². The molecule has 0 saturated carbocycles. The first-order valence-corrected chi connectivity index (χ1v) is 5.48. The maximum absolute atomic E-state index is 11.7. The van der Waals surface area contributed by atoms with Gasteiger partial charge in [-0.2, -0.15) is 0 Å². The number of hydrogen-bond acceptors (Lipinski definition) is 4. The van der Waals surface area contributed by atoms with Crippen molar-refractivity contribution in [1.29, 1.82) is 0 Å². The highest BCUT2D eigenvalue weighted by atomic mass is 16.5. The van der Waals surface area contributed by atoms with E-state index in [0.717, 1.165) is 0 Å². The monoisotopic (exact) mass is 246 g/mol. The van der Waals surface area contributed by atoms with Crippen molar-refractivity contribution in [3.63, 3.8) is 0 Å². The number of rotatable bonds is 2. The lowest BCUT2D eigenvalue weighted by Gasteiger charge is -2.26. The molecule has 18 heavy (non-hydrogen) atoms. The summed E-state index contributed by atoms with van der Waals surface area (Å²) in [6.07, 6.45) is -0.240. The smallest absolute Gasteiger partial charge is 0.170 e. The largest absolute Gasteiger partial charge is 0.504 e. The molecule has 4 nitrogen and oxygen atoms in total. The number of ketones is 1. The molecule has 0 spiro atoms. The van der Waals surface area contributed by atoms with Crippen LogP contribution in [0.15, 0.2) is 42.7 Å². The van der Waals surface area contributed by atoms with E-state index in [-0.39, 0.29) is 23.7 Å². The molecule has 0 radical (unpaired) electrons. The van der Waals surface area contributed by atoms with Crippen LogP contribution in [-0.4, -0.2) is 18.0 Å². The molecule has 1 saturated heterocycles. The van der Waals surface area contributed by atoms with Crippen molar-refractivity contribution < 1.29 is 19.4 Å². The molecule has 2 rings (SSSR count). The zero-order chi connectivity index (χ0) is 13.3. The first-order valence-electron chi connectivity index (χ1n) is 5.48. The molecule has 0 amide bonds. The Kier molecular flexibility index (Phi) is 3.10. The fraction of sp³-hybridized carbons (Fsp3) is 0.214. The Labute approximate surface area is 105 Å². The number of carbonyl (C=O) groups is 1. The second-order valence-corrected chi connectivity index (χ2v) is 4.07. The van der Waals surface area contributed by atoms with Gasteiger partial charge in [0.05, 0.1) is 19.1 Å². The lowest BCUT2D eigenvalue weighted by molar-refractivity contribution is -0.120. The molecule has 1 aliphatic rings. The number of hydrogen-bond donors (Lipinski definition) is 1. The molecule has 0 bridgehead atoms. The second-order valence-electron chi connectivity index (χ2n) is 4.07. The molecule has 0 aliphatic carbocycles. The fourth-order valence-corrected chi connectivity index (χ4v) is 1.82. The first-order chi connectivity index (χ1) is 8.52. The van der Waals surface area contributed by atoms with Gasteiger partial charge >= 0.3 is 0 Å². The Morgan fingerprint density at radius 3 is 2.72 bits per heavy atom. The van der Waals surface area contributed by atoms with Gasteiger partial charge in [-0.3, -0.25) is 4.79 Å². The van der Waals surface area contributed by atoms with Gasteiger partial charge in [0.15, 0.2) is 17.3 Å². The minimum absolute atomic E-state index is 0.0149. The molecule has 1 unspecified atom stereocenters. The van der Waals surface area contributed by atoms with Crippen molar-refractivity contribution in [2.24, 2.45) is 0 Å². The van der Waals surface area contributed by atoms with E-state index >= 15 is 0 Å². The van der Waals surface area contributed by atoms with Crippen LogP contribution in [0.3, 0.4) is 0 Å². The summed E-state index contributed by atoms with van der Waals surface area (Å²) in [5.74, 6) is 0.586. The molecule has 4 heteroatoms. The molecule has 1 atom stereocenters. The molecular formula is C14H14O4. The predicted molar refractivity (Wildman–Crippen MR) is 66.4 cm³/mol. The van der Waals surface area contributed by atoms with E-state index in [1.54, 1.807) is 12.1 Å². The summed E-state index contributed by atoms with van der Waals surface area (Å²) < 4.78 is 10.5. The van der Waals surface area contributed by atoms with Gasteiger partial charge in [0.1, 0.15) is 11.9 Å². The standard InChI is InChI=1S/C14H14O4/c1-8-9(2)18-14(7-11(8)15)10-4-5-13(17-3)12(16)6-10/h4-6,14,16H,1-2,7H2,3H3. The predicted octanol–water partition coefficient (Wildman–Crippen LogP) is 2.50. The summed E-state index contributed by atoms with van der Waals surface area (Å²) in [6.45, 7) is 7.25. The summed E-state index contributed by atoms with van der Waals surface area (Å²) in [6, 6.07) is 4.90. The third-order valence-corrected chi connectivity index (χ3v) is 2.90. The van der Waals surface area contributed by atoms with Crippen LogP contribution in [0.2, 0.25) is 0 Å². The highest BCUT2D eigenvalue weighted by Crippen LogP contribution is 2.36. The van der Waals surface area contributed by atoms with Gasteiger partial charge in [-0.15, -0.1) is 0 Å². The van der Waals surface area contributed by atoms with E-state index in [0.29, 0.717) is 16.9 Å². The zero-order valence-corrected chi connectivity index (χ0v) is 10.1. The van der Waals surface area contributed by atoms with E-state index in [1.165, 1.54) is 13.2 Å². The quantitative estimate of drug-likeness (QED) is 0.814. The number of carbonyl (C=O) groups excluding carboxylic acids is 1. The lowest BCUT2D eigenvalue weighted by atomic mass is 9.96. The molecule has 1 fully saturated rings. The Morgan fingerprint density at radius 1 is 1.44 bits per heavy atom. The summed E-state index contributed by atoms with van der Waals surface area (Å²) >= 11 is 0. The van der Waals surface area contributed by atoms with Crippen LogP contribution in [0, 0.1) is 0 Å². The third-order valence-electron chi connectivity index (χ3n) is 2.90. The Hall–Kier alpha value is -2.23. The topological polar surface area (TPSA) is 55.8 Å². The van der Waals surface area contributed by atoms with Crippen LogP contribution in [-0.2, 0) is 9.53 Å². The average Bonchev–Trinajstić information content (AvgIpc) is 2.35. The number of phenols is 1. The molecule has 1 aromatic rings. The highest BCUT2D eigenvalue weighted by Gasteiger charge is 2.28. The number of methoxy groups -OCH3 is 1. The third kappa shape index (κ3) is 2.09. The van der Waals surface area contributed by atoms with Crippen LogP contribution in [0.1, 0.15) is 18.1 Å². The van der Waals surface area contributed by atoms with E-state index < -0.39 is 6.10 Å². The number of phenolic OH excluding ortho intramolecular Hbond substituents is 1. The number of allylic oxidation sites excluding steroid dienone is 1. The lowest BCUT2D eigenvalue weighted by Crippen LogP contribution is -2.19. The molecule has 0 aromatic heterocycles. The normalized spacial score (nSPS) is 19.6. The van der Waals surface area contributed by atoms with Gasteiger partial charge in [-0.05, 0) is 17.7 Å². The minimum Gasteiger partial charge on any atom is -0.504 e. The van der Waals surface area contributed by atoms with Crippen molar-refractivity contribution in [1.82, 2.24) is 0 Å². The van der Waals surface area contributed by atoms with Crippen LogP contribution in [0.25, 0.3) is 0 Å². The SMILES string of the molecule is C=C1OC(c2ccc(OC)c(O)c2)CC(=O)C1=C. The van der Waals surface area contributed by atoms with Crippen molar-refractivity contribution in [2.75, 3.05) is 7.11 Å². The first kappa shape index (κ1) is 12.2. The number of ether oxygens (including phenoxy) is 2. The van der Waals surface area contributed by atoms with E-state index in [9.17, 15) is 9.90 Å². The van der Waals surface area contributed by atoms with E-state index in [1.807, 2.05) is 0 Å². The summed E-state index contributed by atoms with van der Waals surface area (Å²) in [5.41, 5.74) is 1.01. The van der Waals surface area contributed by atoms with E-state index in [4.69, 9.17) is 9.47 Å². The Balaban J connectivity index is 2.27. The van der Waals surface area contributed by atoms with Crippen LogP contribution < -0.4 is 4.74 Å². The van der Waals surface area contributed by atoms with Gasteiger partial charge in [0.2, 0.25) is 0 Å². The van der Waals surface area contributed by atoms with Gasteiger partial charge in [-0.1, -0.05) is 19.2 Å². The fourth-order valence-electron chi connectivity index (χ4n) is 1.82. The number of aromatic hydroxyl groups is 1.